The van der Waals surface area contributed by atoms with Crippen LogP contribution in [0.3, 0.4) is 0 Å². The highest BCUT2D eigenvalue weighted by atomic mass is 32.2. The number of sulfonamides is 1. The normalized spacial score (nSPS) is 15.1. The second-order valence-corrected chi connectivity index (χ2v) is 10.1. The molecule has 7 nitrogen and oxygen atoms in total. The molecule has 174 valence electrons. The van der Waals surface area contributed by atoms with Crippen molar-refractivity contribution >= 4 is 15.9 Å². The minimum absolute atomic E-state index is 0.177. The van der Waals surface area contributed by atoms with Gasteiger partial charge >= 0.3 is 0 Å². The molecule has 0 radical (unpaired) electrons. The molecule has 0 N–H and O–H groups in total. The van der Waals surface area contributed by atoms with Crippen LogP contribution in [0.25, 0.3) is 5.69 Å². The summed E-state index contributed by atoms with van der Waals surface area (Å²) in [5.41, 5.74) is 3.62. The number of hydrogen-bond acceptors (Lipinski definition) is 4. The second-order valence-electron chi connectivity index (χ2n) is 8.21. The largest absolute Gasteiger partial charge is 0.336 e. The van der Waals surface area contributed by atoms with E-state index in [0.29, 0.717) is 41.2 Å². The SMILES string of the molecule is CCc1c(C(=O)N2CCN(S(=O)(=O)c3ccc(C)cc3C)CC2)cnn1-c1ccc(F)cc1. The molecule has 1 aliphatic rings. The molecule has 2 heterocycles. The molecule has 4 rings (SSSR count). The fourth-order valence-corrected chi connectivity index (χ4v) is 5.86. The first kappa shape index (κ1) is 23.1. The quantitative estimate of drug-likeness (QED) is 0.573. The molecular weight excluding hydrogens is 443 g/mol. The lowest BCUT2D eigenvalue weighted by Crippen LogP contribution is -2.50. The van der Waals surface area contributed by atoms with Crippen LogP contribution in [0.1, 0.15) is 34.1 Å². The number of aryl methyl sites for hydroxylation is 2. The average Bonchev–Trinajstić information content (AvgIpc) is 3.23. The summed E-state index contributed by atoms with van der Waals surface area (Å²) in [6.07, 6.45) is 2.10. The van der Waals surface area contributed by atoms with E-state index in [9.17, 15) is 17.6 Å². The maximum atomic E-state index is 13.3. The molecule has 1 aliphatic heterocycles. The minimum atomic E-state index is -3.62. The Morgan fingerprint density at radius 3 is 2.30 bits per heavy atom. The van der Waals surface area contributed by atoms with Gasteiger partial charge in [0.15, 0.2) is 0 Å². The Kier molecular flexibility index (Phi) is 6.36. The third-order valence-corrected chi connectivity index (χ3v) is 8.04. The molecule has 1 aromatic heterocycles. The summed E-state index contributed by atoms with van der Waals surface area (Å²) in [6, 6.07) is 11.2. The van der Waals surface area contributed by atoms with Crippen molar-refractivity contribution < 1.29 is 17.6 Å². The molecule has 0 saturated carbocycles. The van der Waals surface area contributed by atoms with Crippen molar-refractivity contribution in [3.8, 4) is 5.69 Å². The molecule has 0 bridgehead atoms. The van der Waals surface area contributed by atoms with Gasteiger partial charge in [0.1, 0.15) is 5.82 Å². The lowest BCUT2D eigenvalue weighted by atomic mass is 10.1. The van der Waals surface area contributed by atoms with Gasteiger partial charge in [0.2, 0.25) is 10.0 Å². The van der Waals surface area contributed by atoms with Crippen LogP contribution in [0.15, 0.2) is 53.6 Å². The molecule has 0 atom stereocenters. The van der Waals surface area contributed by atoms with E-state index in [0.717, 1.165) is 11.3 Å². The fraction of sp³-hybridized carbons (Fsp3) is 0.333. The molecule has 2 aromatic carbocycles. The molecule has 9 heteroatoms. The van der Waals surface area contributed by atoms with Crippen molar-refractivity contribution in [3.63, 3.8) is 0 Å². The predicted molar refractivity (Wildman–Crippen MR) is 123 cm³/mol. The van der Waals surface area contributed by atoms with Crippen molar-refractivity contribution in [3.05, 3.63) is 76.9 Å². The minimum Gasteiger partial charge on any atom is -0.336 e. The maximum absolute atomic E-state index is 13.3. The number of hydrogen-bond donors (Lipinski definition) is 0. The third-order valence-electron chi connectivity index (χ3n) is 5.98. The summed E-state index contributed by atoms with van der Waals surface area (Å²) in [7, 11) is -3.62. The Bertz CT molecular complexity index is 1280. The zero-order valence-corrected chi connectivity index (χ0v) is 19.8. The van der Waals surface area contributed by atoms with Gasteiger partial charge in [-0.3, -0.25) is 4.79 Å². The number of carbonyl (C=O) groups excluding carboxylic acids is 1. The molecule has 1 saturated heterocycles. The van der Waals surface area contributed by atoms with Crippen molar-refractivity contribution in [2.75, 3.05) is 26.2 Å². The van der Waals surface area contributed by atoms with Gasteiger partial charge in [0.05, 0.1) is 28.0 Å². The first-order chi connectivity index (χ1) is 15.7. The highest BCUT2D eigenvalue weighted by molar-refractivity contribution is 7.89. The number of carbonyl (C=O) groups is 1. The summed E-state index contributed by atoms with van der Waals surface area (Å²) >= 11 is 0. The maximum Gasteiger partial charge on any atom is 0.257 e. The Hall–Kier alpha value is -3.04. The molecule has 33 heavy (non-hydrogen) atoms. The first-order valence-electron chi connectivity index (χ1n) is 10.9. The van der Waals surface area contributed by atoms with E-state index in [1.54, 1.807) is 40.8 Å². The van der Waals surface area contributed by atoms with Crippen molar-refractivity contribution in [2.24, 2.45) is 0 Å². The Morgan fingerprint density at radius 2 is 1.70 bits per heavy atom. The van der Waals surface area contributed by atoms with Gasteiger partial charge in [-0.05, 0) is 56.2 Å². The van der Waals surface area contributed by atoms with E-state index in [1.165, 1.54) is 22.6 Å². The highest BCUT2D eigenvalue weighted by Gasteiger charge is 2.32. The molecule has 0 aliphatic carbocycles. The number of amides is 1. The monoisotopic (exact) mass is 470 g/mol. The number of piperazine rings is 1. The van der Waals surface area contributed by atoms with Gasteiger partial charge in [0, 0.05) is 26.2 Å². The Morgan fingerprint density at radius 1 is 1.03 bits per heavy atom. The number of benzene rings is 2. The average molecular weight is 471 g/mol. The number of nitrogens with zero attached hydrogens (tertiary/aromatic N) is 4. The lowest BCUT2D eigenvalue weighted by molar-refractivity contribution is 0.0696. The van der Waals surface area contributed by atoms with Gasteiger partial charge in [-0.2, -0.15) is 9.40 Å². The predicted octanol–water partition coefficient (Wildman–Crippen LogP) is 3.34. The van der Waals surface area contributed by atoms with Crippen LogP contribution >= 0.6 is 0 Å². The molecule has 3 aromatic rings. The van der Waals surface area contributed by atoms with E-state index in [2.05, 4.69) is 5.10 Å². The number of rotatable bonds is 5. The van der Waals surface area contributed by atoms with Crippen LogP contribution in [0, 0.1) is 19.7 Å². The van der Waals surface area contributed by atoms with Crippen LogP contribution in [-0.2, 0) is 16.4 Å². The zero-order valence-electron chi connectivity index (χ0n) is 19.0. The molecule has 1 amide bonds. The van der Waals surface area contributed by atoms with E-state index in [-0.39, 0.29) is 24.8 Å². The van der Waals surface area contributed by atoms with Crippen molar-refractivity contribution in [2.45, 2.75) is 32.1 Å². The summed E-state index contributed by atoms with van der Waals surface area (Å²) in [6.45, 7) is 6.72. The summed E-state index contributed by atoms with van der Waals surface area (Å²) < 4.78 is 42.6. The summed E-state index contributed by atoms with van der Waals surface area (Å²) in [5, 5.41) is 4.35. The van der Waals surface area contributed by atoms with Crippen LogP contribution in [0.2, 0.25) is 0 Å². The van der Waals surface area contributed by atoms with Gasteiger partial charge in [-0.1, -0.05) is 24.6 Å². The topological polar surface area (TPSA) is 75.5 Å². The lowest BCUT2D eigenvalue weighted by Gasteiger charge is -2.34. The smallest absolute Gasteiger partial charge is 0.257 e. The van der Waals surface area contributed by atoms with E-state index in [1.807, 2.05) is 19.9 Å². The fourth-order valence-electron chi connectivity index (χ4n) is 4.23. The number of halogens is 1. The molecule has 0 spiro atoms. The summed E-state index contributed by atoms with van der Waals surface area (Å²) in [5.74, 6) is -0.516. The first-order valence-corrected chi connectivity index (χ1v) is 12.4. The van der Waals surface area contributed by atoms with Crippen LogP contribution < -0.4 is 0 Å². The zero-order chi connectivity index (χ0) is 23.8. The second kappa shape index (κ2) is 9.07. The number of aromatic nitrogens is 2. The highest BCUT2D eigenvalue weighted by Crippen LogP contribution is 2.23. The van der Waals surface area contributed by atoms with Gasteiger partial charge in [-0.25, -0.2) is 17.5 Å². The van der Waals surface area contributed by atoms with Crippen LogP contribution in [0.4, 0.5) is 4.39 Å². The standard InChI is InChI=1S/C24H27FN4O3S/c1-4-22-21(16-26-29(22)20-8-6-19(25)7-9-20)24(30)27-11-13-28(14-12-27)33(31,32)23-10-5-17(2)15-18(23)3/h5-10,15-16H,4,11-14H2,1-3H3. The van der Waals surface area contributed by atoms with Crippen molar-refractivity contribution in [1.82, 2.24) is 19.0 Å². The Balaban J connectivity index is 1.50. The molecule has 0 unspecified atom stereocenters. The van der Waals surface area contributed by atoms with Crippen molar-refractivity contribution in [1.29, 1.82) is 0 Å². The van der Waals surface area contributed by atoms with Gasteiger partial charge in [0.25, 0.3) is 5.91 Å². The van der Waals surface area contributed by atoms with Gasteiger partial charge < -0.3 is 4.90 Å². The third kappa shape index (κ3) is 4.43. The summed E-state index contributed by atoms with van der Waals surface area (Å²) in [4.78, 5) is 15.2. The van der Waals surface area contributed by atoms with Crippen LogP contribution in [-0.4, -0.2) is 59.5 Å². The Labute approximate surface area is 193 Å². The van der Waals surface area contributed by atoms with E-state index < -0.39 is 10.0 Å². The van der Waals surface area contributed by atoms with Gasteiger partial charge in [-0.15, -0.1) is 0 Å². The molecular formula is C24H27FN4O3S. The van der Waals surface area contributed by atoms with E-state index in [4.69, 9.17) is 0 Å². The van der Waals surface area contributed by atoms with Crippen LogP contribution in [0.5, 0.6) is 0 Å². The van der Waals surface area contributed by atoms with E-state index >= 15 is 0 Å². The molecule has 1 fully saturated rings.